The molecule has 0 spiro atoms. The lowest BCUT2D eigenvalue weighted by atomic mass is 10.0. The predicted octanol–water partition coefficient (Wildman–Crippen LogP) is 5.48. The molecule has 0 radical (unpaired) electrons. The fourth-order valence-corrected chi connectivity index (χ4v) is 3.32. The molecule has 0 aliphatic carbocycles. The van der Waals surface area contributed by atoms with Gasteiger partial charge in [-0.1, -0.05) is 42.5 Å². The summed E-state index contributed by atoms with van der Waals surface area (Å²) in [7, 11) is 0. The average Bonchev–Trinajstić information content (AvgIpc) is 3.11. The van der Waals surface area contributed by atoms with Crippen LogP contribution in [-0.4, -0.2) is 17.7 Å². The van der Waals surface area contributed by atoms with E-state index in [9.17, 15) is 9.90 Å². The monoisotopic (exact) mass is 402 g/mol. The number of phenols is 1. The number of ether oxygens (including phenoxy) is 2. The molecule has 0 saturated carbocycles. The zero-order chi connectivity index (χ0) is 20.9. The summed E-state index contributed by atoms with van der Waals surface area (Å²) < 4.78 is 17.0. The third-order valence-corrected chi connectivity index (χ3v) is 4.76. The molecule has 0 fully saturated rings. The highest BCUT2D eigenvalue weighted by molar-refractivity contribution is 6.05. The van der Waals surface area contributed by atoms with E-state index in [4.69, 9.17) is 13.9 Å². The van der Waals surface area contributed by atoms with E-state index in [1.807, 2.05) is 54.6 Å². The van der Waals surface area contributed by atoms with Crippen molar-refractivity contribution in [3.8, 4) is 11.5 Å². The van der Waals surface area contributed by atoms with Gasteiger partial charge in [-0.05, 0) is 48.4 Å². The number of aromatic hydroxyl groups is 1. The van der Waals surface area contributed by atoms with Crippen molar-refractivity contribution in [1.29, 1.82) is 0 Å². The SMILES string of the molecule is CCOC(=O)c1c(Cc2ccc(OCc3ccccc3)cc2)oc2ccc(O)cc12. The fourth-order valence-electron chi connectivity index (χ4n) is 3.32. The molecule has 0 amide bonds. The van der Waals surface area contributed by atoms with Gasteiger partial charge in [0.1, 0.15) is 35.0 Å². The van der Waals surface area contributed by atoms with E-state index in [1.54, 1.807) is 13.0 Å². The van der Waals surface area contributed by atoms with Crippen LogP contribution in [0.4, 0.5) is 0 Å². The first kappa shape index (κ1) is 19.6. The summed E-state index contributed by atoms with van der Waals surface area (Å²) in [5, 5.41) is 10.4. The summed E-state index contributed by atoms with van der Waals surface area (Å²) in [6.45, 7) is 2.52. The second kappa shape index (κ2) is 8.74. The molecule has 0 saturated heterocycles. The Morgan fingerprint density at radius 2 is 1.73 bits per heavy atom. The van der Waals surface area contributed by atoms with E-state index in [-0.39, 0.29) is 12.4 Å². The van der Waals surface area contributed by atoms with E-state index < -0.39 is 5.97 Å². The van der Waals surface area contributed by atoms with Crippen LogP contribution in [0.15, 0.2) is 77.2 Å². The minimum absolute atomic E-state index is 0.0697. The Bertz CT molecular complexity index is 1140. The minimum Gasteiger partial charge on any atom is -0.508 e. The van der Waals surface area contributed by atoms with Crippen molar-refractivity contribution in [2.24, 2.45) is 0 Å². The Morgan fingerprint density at radius 1 is 0.967 bits per heavy atom. The molecule has 1 heterocycles. The van der Waals surface area contributed by atoms with Crippen molar-refractivity contribution in [3.63, 3.8) is 0 Å². The van der Waals surface area contributed by atoms with Gasteiger partial charge < -0.3 is 19.0 Å². The standard InChI is InChI=1S/C25H22O5/c1-2-28-25(27)24-21-15-19(26)10-13-22(21)30-23(24)14-17-8-11-20(12-9-17)29-16-18-6-4-3-5-7-18/h3-13,15,26H,2,14,16H2,1H3. The van der Waals surface area contributed by atoms with Gasteiger partial charge in [0.15, 0.2) is 0 Å². The van der Waals surface area contributed by atoms with E-state index in [1.165, 1.54) is 12.1 Å². The number of rotatable bonds is 7. The summed E-state index contributed by atoms with van der Waals surface area (Å²) in [4.78, 5) is 12.5. The van der Waals surface area contributed by atoms with Crippen LogP contribution in [0, 0.1) is 0 Å². The molecule has 1 N–H and O–H groups in total. The van der Waals surface area contributed by atoms with Crippen LogP contribution in [0.2, 0.25) is 0 Å². The number of carbonyl (C=O) groups is 1. The highest BCUT2D eigenvalue weighted by Crippen LogP contribution is 2.31. The fraction of sp³-hybridized carbons (Fsp3) is 0.160. The van der Waals surface area contributed by atoms with Gasteiger partial charge in [-0.15, -0.1) is 0 Å². The molecule has 30 heavy (non-hydrogen) atoms. The Labute approximate surface area is 174 Å². The van der Waals surface area contributed by atoms with Crippen molar-refractivity contribution >= 4 is 16.9 Å². The number of benzene rings is 3. The molecule has 0 aliphatic rings. The van der Waals surface area contributed by atoms with Crippen LogP contribution in [0.1, 0.15) is 34.2 Å². The second-order valence-corrected chi connectivity index (χ2v) is 6.90. The average molecular weight is 402 g/mol. The van der Waals surface area contributed by atoms with Crippen molar-refractivity contribution < 1.29 is 23.8 Å². The molecule has 0 aliphatic heterocycles. The number of fused-ring (bicyclic) bond motifs is 1. The zero-order valence-electron chi connectivity index (χ0n) is 16.6. The van der Waals surface area contributed by atoms with E-state index in [0.29, 0.717) is 35.3 Å². The Kier molecular flexibility index (Phi) is 5.70. The number of hydrogen-bond donors (Lipinski definition) is 1. The Hall–Kier alpha value is -3.73. The lowest BCUT2D eigenvalue weighted by Crippen LogP contribution is -2.07. The molecule has 0 bridgehead atoms. The van der Waals surface area contributed by atoms with Gasteiger partial charge in [0.25, 0.3) is 0 Å². The van der Waals surface area contributed by atoms with Crippen LogP contribution in [0.5, 0.6) is 11.5 Å². The van der Waals surface area contributed by atoms with Gasteiger partial charge in [0.05, 0.1) is 6.61 Å². The van der Waals surface area contributed by atoms with Crippen LogP contribution < -0.4 is 4.74 Å². The number of furan rings is 1. The third kappa shape index (κ3) is 4.30. The normalized spacial score (nSPS) is 10.8. The molecular weight excluding hydrogens is 380 g/mol. The summed E-state index contributed by atoms with van der Waals surface area (Å²) in [5.41, 5.74) is 2.96. The maximum absolute atomic E-state index is 12.5. The van der Waals surface area contributed by atoms with Crippen molar-refractivity contribution in [3.05, 3.63) is 95.2 Å². The molecule has 4 rings (SSSR count). The summed E-state index contributed by atoms with van der Waals surface area (Å²) in [5.74, 6) is 0.884. The Morgan fingerprint density at radius 3 is 2.47 bits per heavy atom. The molecule has 5 heteroatoms. The zero-order valence-corrected chi connectivity index (χ0v) is 16.6. The Balaban J connectivity index is 1.55. The molecular formula is C25H22O5. The van der Waals surface area contributed by atoms with Crippen LogP contribution in [0.25, 0.3) is 11.0 Å². The molecule has 4 aromatic rings. The second-order valence-electron chi connectivity index (χ2n) is 6.90. The highest BCUT2D eigenvalue weighted by atomic mass is 16.5. The molecule has 1 aromatic heterocycles. The van der Waals surface area contributed by atoms with Crippen LogP contribution in [-0.2, 0) is 17.8 Å². The molecule has 3 aromatic carbocycles. The maximum Gasteiger partial charge on any atom is 0.342 e. The van der Waals surface area contributed by atoms with Gasteiger partial charge in [-0.2, -0.15) is 0 Å². The lowest BCUT2D eigenvalue weighted by molar-refractivity contribution is 0.0526. The lowest BCUT2D eigenvalue weighted by Gasteiger charge is -2.08. The van der Waals surface area contributed by atoms with Crippen molar-refractivity contribution in [2.45, 2.75) is 20.0 Å². The quantitative estimate of drug-likeness (QED) is 0.414. The topological polar surface area (TPSA) is 68.9 Å². The maximum atomic E-state index is 12.5. The highest BCUT2D eigenvalue weighted by Gasteiger charge is 2.22. The third-order valence-electron chi connectivity index (χ3n) is 4.76. The number of carbonyl (C=O) groups excluding carboxylic acids is 1. The van der Waals surface area contributed by atoms with Gasteiger partial charge in [0, 0.05) is 11.8 Å². The molecule has 0 atom stereocenters. The first-order valence-electron chi connectivity index (χ1n) is 9.81. The largest absolute Gasteiger partial charge is 0.508 e. The van der Waals surface area contributed by atoms with Crippen LogP contribution in [0.3, 0.4) is 0 Å². The first-order valence-corrected chi connectivity index (χ1v) is 9.81. The molecule has 5 nitrogen and oxygen atoms in total. The van der Waals surface area contributed by atoms with E-state index in [0.717, 1.165) is 16.9 Å². The van der Waals surface area contributed by atoms with Gasteiger partial charge in [-0.25, -0.2) is 4.79 Å². The predicted molar refractivity (Wildman–Crippen MR) is 114 cm³/mol. The molecule has 152 valence electrons. The van der Waals surface area contributed by atoms with Crippen molar-refractivity contribution in [2.75, 3.05) is 6.61 Å². The van der Waals surface area contributed by atoms with Crippen molar-refractivity contribution in [1.82, 2.24) is 0 Å². The van der Waals surface area contributed by atoms with Gasteiger partial charge in [0.2, 0.25) is 0 Å². The molecule has 0 unspecified atom stereocenters. The van der Waals surface area contributed by atoms with Gasteiger partial charge in [-0.3, -0.25) is 0 Å². The summed E-state index contributed by atoms with van der Waals surface area (Å²) >= 11 is 0. The minimum atomic E-state index is -0.459. The van der Waals surface area contributed by atoms with E-state index >= 15 is 0 Å². The van der Waals surface area contributed by atoms with Crippen LogP contribution >= 0.6 is 0 Å². The first-order chi connectivity index (χ1) is 14.6. The summed E-state index contributed by atoms with van der Waals surface area (Å²) in [6, 6.07) is 22.4. The summed E-state index contributed by atoms with van der Waals surface area (Å²) in [6.07, 6.45) is 0.419. The number of esters is 1. The number of hydrogen-bond acceptors (Lipinski definition) is 5. The smallest absolute Gasteiger partial charge is 0.342 e. The number of phenolic OH excluding ortho intramolecular Hbond substituents is 1. The van der Waals surface area contributed by atoms with Gasteiger partial charge >= 0.3 is 5.97 Å². The van der Waals surface area contributed by atoms with E-state index in [2.05, 4.69) is 0 Å².